The lowest BCUT2D eigenvalue weighted by atomic mass is 9.91. The van der Waals surface area contributed by atoms with Crippen molar-refractivity contribution in [1.82, 2.24) is 14.6 Å². The number of rotatable bonds is 6. The zero-order valence-electron chi connectivity index (χ0n) is 16.6. The van der Waals surface area contributed by atoms with E-state index in [-0.39, 0.29) is 0 Å². The lowest BCUT2D eigenvalue weighted by Gasteiger charge is -2.17. The van der Waals surface area contributed by atoms with Crippen molar-refractivity contribution in [2.24, 2.45) is 0 Å². The Kier molecular flexibility index (Phi) is 4.73. The number of benzene rings is 1. The fourth-order valence-corrected chi connectivity index (χ4v) is 4.11. The average molecular weight is 361 g/mol. The van der Waals surface area contributed by atoms with Crippen molar-refractivity contribution in [3.63, 3.8) is 0 Å². The summed E-state index contributed by atoms with van der Waals surface area (Å²) in [6.45, 7) is 8.62. The Labute approximate surface area is 160 Å². The van der Waals surface area contributed by atoms with Crippen molar-refractivity contribution in [3.05, 3.63) is 53.3 Å². The molecule has 0 fully saturated rings. The topological polar surface area (TPSA) is 43.3 Å². The summed E-state index contributed by atoms with van der Waals surface area (Å²) < 4.78 is 8.13. The van der Waals surface area contributed by atoms with Gasteiger partial charge in [0.25, 0.3) is 0 Å². The lowest BCUT2D eigenvalue weighted by molar-refractivity contribution is 0.559. The summed E-state index contributed by atoms with van der Waals surface area (Å²) in [4.78, 5) is 4.93. The highest BCUT2D eigenvalue weighted by Crippen LogP contribution is 2.34. The lowest BCUT2D eigenvalue weighted by Crippen LogP contribution is -2.06. The Morgan fingerprint density at radius 1 is 1.04 bits per heavy atom. The molecule has 4 aromatic rings. The van der Waals surface area contributed by atoms with E-state index in [1.165, 1.54) is 31.2 Å². The first-order valence-electron chi connectivity index (χ1n) is 9.98. The van der Waals surface area contributed by atoms with E-state index in [4.69, 9.17) is 14.5 Å². The van der Waals surface area contributed by atoms with Crippen molar-refractivity contribution in [2.45, 2.75) is 59.3 Å². The summed E-state index contributed by atoms with van der Waals surface area (Å²) in [6, 6.07) is 12.4. The fraction of sp³-hybridized carbons (Fsp3) is 0.391. The first-order chi connectivity index (χ1) is 13.1. The summed E-state index contributed by atoms with van der Waals surface area (Å²) in [6.07, 6.45) is 4.71. The third kappa shape index (κ3) is 3.14. The molecular formula is C23H27N3O. The number of hydrogen-bond acceptors (Lipinski definition) is 3. The molecule has 1 aromatic carbocycles. The monoisotopic (exact) mass is 361 g/mol. The smallest absolute Gasteiger partial charge is 0.158 e. The molecule has 0 aliphatic carbocycles. The molecule has 0 atom stereocenters. The highest BCUT2D eigenvalue weighted by molar-refractivity contribution is 5.83. The molecule has 4 rings (SSSR count). The molecule has 4 nitrogen and oxygen atoms in total. The van der Waals surface area contributed by atoms with Crippen molar-refractivity contribution in [1.29, 1.82) is 0 Å². The molecule has 4 heteroatoms. The number of imidazole rings is 1. The highest BCUT2D eigenvalue weighted by atomic mass is 16.3. The molecule has 0 saturated carbocycles. The van der Waals surface area contributed by atoms with E-state index in [9.17, 15) is 0 Å². The predicted octanol–water partition coefficient (Wildman–Crippen LogP) is 6.44. The van der Waals surface area contributed by atoms with Gasteiger partial charge in [-0.1, -0.05) is 44.9 Å². The zero-order valence-corrected chi connectivity index (χ0v) is 16.6. The van der Waals surface area contributed by atoms with Gasteiger partial charge in [0.2, 0.25) is 0 Å². The summed E-state index contributed by atoms with van der Waals surface area (Å²) in [7, 11) is 0. The van der Waals surface area contributed by atoms with Crippen LogP contribution in [0.4, 0.5) is 0 Å². The number of furan rings is 1. The molecular weight excluding hydrogens is 334 g/mol. The Bertz CT molecular complexity index is 1050. The van der Waals surface area contributed by atoms with Crippen molar-refractivity contribution in [2.75, 3.05) is 0 Å². The largest absolute Gasteiger partial charge is 0.454 e. The number of nitrogens with zero attached hydrogens (tertiary/aromatic N) is 3. The molecule has 0 bridgehead atoms. The van der Waals surface area contributed by atoms with E-state index in [1.807, 2.05) is 29.6 Å². The molecule has 0 unspecified atom stereocenters. The summed E-state index contributed by atoms with van der Waals surface area (Å²) in [5.41, 5.74) is 6.12. The normalized spacial score (nSPS) is 11.9. The minimum Gasteiger partial charge on any atom is -0.454 e. The third-order valence-electron chi connectivity index (χ3n) is 5.28. The van der Waals surface area contributed by atoms with Gasteiger partial charge >= 0.3 is 0 Å². The summed E-state index contributed by atoms with van der Waals surface area (Å²) >= 11 is 0. The predicted molar refractivity (Wildman–Crippen MR) is 110 cm³/mol. The second-order valence-corrected chi connectivity index (χ2v) is 7.45. The van der Waals surface area contributed by atoms with E-state index in [1.54, 1.807) is 0 Å². The van der Waals surface area contributed by atoms with E-state index in [0.717, 1.165) is 39.5 Å². The second kappa shape index (κ2) is 7.18. The van der Waals surface area contributed by atoms with Gasteiger partial charge in [0.1, 0.15) is 11.3 Å². The first kappa shape index (κ1) is 17.8. The minimum absolute atomic E-state index is 0.523. The van der Waals surface area contributed by atoms with Crippen LogP contribution in [0.5, 0.6) is 0 Å². The molecule has 3 heterocycles. The Hall–Kier alpha value is -2.62. The van der Waals surface area contributed by atoms with Crippen molar-refractivity contribution >= 4 is 16.6 Å². The van der Waals surface area contributed by atoms with Gasteiger partial charge in [-0.05, 0) is 50.8 Å². The van der Waals surface area contributed by atoms with Gasteiger partial charge in [0.05, 0.1) is 11.4 Å². The molecule has 140 valence electrons. The molecule has 3 aromatic heterocycles. The van der Waals surface area contributed by atoms with Crippen molar-refractivity contribution < 1.29 is 4.42 Å². The average Bonchev–Trinajstić information content (AvgIpc) is 3.20. The Balaban J connectivity index is 1.93. The molecule has 0 radical (unpaired) electrons. The van der Waals surface area contributed by atoms with Crippen molar-refractivity contribution in [3.8, 4) is 11.5 Å². The van der Waals surface area contributed by atoms with Crippen LogP contribution >= 0.6 is 0 Å². The number of aryl methyl sites for hydroxylation is 2. The van der Waals surface area contributed by atoms with Crippen LogP contribution in [0.2, 0.25) is 0 Å². The van der Waals surface area contributed by atoms with Gasteiger partial charge in [0.15, 0.2) is 11.4 Å². The fourth-order valence-electron chi connectivity index (χ4n) is 4.11. The van der Waals surface area contributed by atoms with Gasteiger partial charge in [-0.15, -0.1) is 0 Å². The number of hydrogen-bond donors (Lipinski definition) is 0. The van der Waals surface area contributed by atoms with Crippen LogP contribution in [0.15, 0.2) is 40.8 Å². The Morgan fingerprint density at radius 3 is 2.48 bits per heavy atom. The van der Waals surface area contributed by atoms with Gasteiger partial charge in [-0.25, -0.2) is 9.50 Å². The third-order valence-corrected chi connectivity index (χ3v) is 5.28. The Morgan fingerprint density at radius 2 is 1.78 bits per heavy atom. The second-order valence-electron chi connectivity index (χ2n) is 7.45. The standard InChI is InChI=1S/C23H27N3O/c1-5-9-17(10-6-2)19-13-15(3)25-26-22(16(4)24-23(19)26)21-14-18-11-7-8-12-20(18)27-21/h7-8,11-14,17H,5-6,9-10H2,1-4H3. The van der Waals surface area contributed by atoms with Gasteiger partial charge in [-0.3, -0.25) is 0 Å². The quantitative estimate of drug-likeness (QED) is 0.397. The maximum absolute atomic E-state index is 6.14. The van der Waals surface area contributed by atoms with Gasteiger partial charge in [-0.2, -0.15) is 5.10 Å². The number of fused-ring (bicyclic) bond motifs is 2. The first-order valence-corrected chi connectivity index (χ1v) is 9.98. The van der Waals surface area contributed by atoms with Crippen LogP contribution in [0, 0.1) is 13.8 Å². The molecule has 0 saturated heterocycles. The SMILES string of the molecule is CCCC(CCC)c1cc(C)nn2c(-c3cc4ccccc4o3)c(C)nc12. The van der Waals surface area contributed by atoms with E-state index < -0.39 is 0 Å². The highest BCUT2D eigenvalue weighted by Gasteiger charge is 2.22. The van der Waals surface area contributed by atoms with E-state index >= 15 is 0 Å². The van der Waals surface area contributed by atoms with E-state index in [0.29, 0.717) is 5.92 Å². The van der Waals surface area contributed by atoms with Crippen LogP contribution < -0.4 is 0 Å². The van der Waals surface area contributed by atoms with Crippen LogP contribution in [-0.2, 0) is 0 Å². The molecule has 0 N–H and O–H groups in total. The van der Waals surface area contributed by atoms with Gasteiger partial charge in [0, 0.05) is 10.9 Å². The van der Waals surface area contributed by atoms with Crippen LogP contribution in [0.3, 0.4) is 0 Å². The van der Waals surface area contributed by atoms with E-state index in [2.05, 4.69) is 39.0 Å². The molecule has 0 aliphatic heterocycles. The molecule has 0 spiro atoms. The van der Waals surface area contributed by atoms with Crippen LogP contribution in [0.25, 0.3) is 28.1 Å². The molecule has 0 amide bonds. The molecule has 27 heavy (non-hydrogen) atoms. The molecule has 0 aliphatic rings. The van der Waals surface area contributed by atoms with Gasteiger partial charge < -0.3 is 4.42 Å². The van der Waals surface area contributed by atoms with Crippen LogP contribution in [0.1, 0.15) is 62.4 Å². The minimum atomic E-state index is 0.523. The maximum Gasteiger partial charge on any atom is 0.158 e. The maximum atomic E-state index is 6.14. The summed E-state index contributed by atoms with van der Waals surface area (Å²) in [5, 5.41) is 5.90. The summed E-state index contributed by atoms with van der Waals surface area (Å²) in [5.74, 6) is 1.35. The zero-order chi connectivity index (χ0) is 19.0. The number of para-hydroxylation sites is 1. The number of aromatic nitrogens is 3. The van der Waals surface area contributed by atoms with Crippen LogP contribution in [-0.4, -0.2) is 14.6 Å².